The van der Waals surface area contributed by atoms with E-state index in [0.717, 1.165) is 42.5 Å². The van der Waals surface area contributed by atoms with Crippen molar-refractivity contribution in [3.63, 3.8) is 0 Å². The first-order chi connectivity index (χ1) is 10.6. The van der Waals surface area contributed by atoms with Crippen molar-refractivity contribution < 1.29 is 5.11 Å². The number of anilines is 1. The number of aromatic nitrogens is 2. The van der Waals surface area contributed by atoms with E-state index in [1.807, 2.05) is 44.3 Å². The van der Waals surface area contributed by atoms with Gasteiger partial charge in [0.1, 0.15) is 11.6 Å². The number of aryl methyl sites for hydroxylation is 1. The van der Waals surface area contributed by atoms with Crippen LogP contribution in [0, 0.1) is 6.92 Å². The van der Waals surface area contributed by atoms with Gasteiger partial charge in [-0.1, -0.05) is 30.3 Å². The summed E-state index contributed by atoms with van der Waals surface area (Å²) in [5.41, 5.74) is 3.24. The summed E-state index contributed by atoms with van der Waals surface area (Å²) >= 11 is 0. The molecule has 0 radical (unpaired) electrons. The van der Waals surface area contributed by atoms with Crippen LogP contribution < -0.4 is 10.2 Å². The highest BCUT2D eigenvalue weighted by molar-refractivity contribution is 5.50. The molecule has 0 unspecified atom stereocenters. The zero-order valence-corrected chi connectivity index (χ0v) is 13.1. The summed E-state index contributed by atoms with van der Waals surface area (Å²) in [6.45, 7) is 4.30. The molecule has 1 aromatic heterocycles. The molecule has 22 heavy (non-hydrogen) atoms. The predicted molar refractivity (Wildman–Crippen MR) is 86.6 cm³/mol. The number of hydrogen-bond donors (Lipinski definition) is 2. The second-order valence-electron chi connectivity index (χ2n) is 5.76. The van der Waals surface area contributed by atoms with E-state index in [2.05, 4.69) is 20.2 Å². The minimum atomic E-state index is -0.447. The number of nitrogens with one attached hydrogen (secondary N) is 1. The molecule has 0 bridgehead atoms. The van der Waals surface area contributed by atoms with E-state index < -0.39 is 6.10 Å². The molecule has 0 saturated carbocycles. The van der Waals surface area contributed by atoms with E-state index in [-0.39, 0.29) is 0 Å². The van der Waals surface area contributed by atoms with Gasteiger partial charge in [0.25, 0.3) is 0 Å². The van der Waals surface area contributed by atoms with Crippen LogP contribution in [-0.2, 0) is 13.1 Å². The number of aliphatic hydroxyl groups is 1. The number of nitrogens with zero attached hydrogens (tertiary/aromatic N) is 3. The van der Waals surface area contributed by atoms with Gasteiger partial charge in [-0.3, -0.25) is 0 Å². The van der Waals surface area contributed by atoms with Crippen molar-refractivity contribution in [1.82, 2.24) is 15.3 Å². The first kappa shape index (κ1) is 14.9. The molecule has 0 saturated heterocycles. The van der Waals surface area contributed by atoms with Crippen LogP contribution in [0.1, 0.15) is 35.2 Å². The first-order valence-electron chi connectivity index (χ1n) is 7.66. The van der Waals surface area contributed by atoms with Gasteiger partial charge in [-0.25, -0.2) is 9.97 Å². The quantitative estimate of drug-likeness (QED) is 0.883. The Morgan fingerprint density at radius 1 is 1.23 bits per heavy atom. The highest BCUT2D eigenvalue weighted by Gasteiger charge is 2.20. The molecular weight excluding hydrogens is 276 g/mol. The summed E-state index contributed by atoms with van der Waals surface area (Å²) in [6, 6.07) is 9.79. The van der Waals surface area contributed by atoms with Crippen LogP contribution in [0.5, 0.6) is 0 Å². The summed E-state index contributed by atoms with van der Waals surface area (Å²) in [7, 11) is 2.03. The molecule has 3 rings (SSSR count). The molecule has 1 aromatic carbocycles. The van der Waals surface area contributed by atoms with Crippen LogP contribution in [0.15, 0.2) is 30.3 Å². The Labute approximate surface area is 131 Å². The van der Waals surface area contributed by atoms with Crippen molar-refractivity contribution in [1.29, 1.82) is 0 Å². The SMILES string of the molecule is Cc1nc2c(c(N(C)CC[C@H](O)c3ccccc3)n1)CNC2. The van der Waals surface area contributed by atoms with Crippen molar-refractivity contribution in [2.75, 3.05) is 18.5 Å². The second kappa shape index (κ2) is 6.42. The molecule has 116 valence electrons. The molecule has 0 spiro atoms. The number of benzene rings is 1. The van der Waals surface area contributed by atoms with Gasteiger partial charge in [0.15, 0.2) is 0 Å². The smallest absolute Gasteiger partial charge is 0.136 e. The zero-order chi connectivity index (χ0) is 15.5. The summed E-state index contributed by atoms with van der Waals surface area (Å²) in [6.07, 6.45) is 0.226. The van der Waals surface area contributed by atoms with E-state index in [1.165, 1.54) is 5.56 Å². The molecular formula is C17H22N4O. The lowest BCUT2D eigenvalue weighted by Gasteiger charge is -2.22. The third-order valence-corrected chi connectivity index (χ3v) is 4.06. The summed E-state index contributed by atoms with van der Waals surface area (Å²) < 4.78 is 0. The van der Waals surface area contributed by atoms with E-state index in [1.54, 1.807) is 0 Å². The lowest BCUT2D eigenvalue weighted by molar-refractivity contribution is 0.169. The Kier molecular flexibility index (Phi) is 4.36. The Morgan fingerprint density at radius 3 is 2.77 bits per heavy atom. The predicted octanol–water partition coefficient (Wildman–Crippen LogP) is 1.95. The standard InChI is InChI=1S/C17H22N4O/c1-12-19-15-11-18-10-14(15)17(20-12)21(2)9-8-16(22)13-6-4-3-5-7-13/h3-7,16,18,22H,8-11H2,1-2H3/t16-/m0/s1. The highest BCUT2D eigenvalue weighted by Crippen LogP contribution is 2.25. The summed E-state index contributed by atoms with van der Waals surface area (Å²) in [5.74, 6) is 1.78. The monoisotopic (exact) mass is 298 g/mol. The average Bonchev–Trinajstić information content (AvgIpc) is 3.00. The third kappa shape index (κ3) is 3.10. The maximum atomic E-state index is 10.3. The van der Waals surface area contributed by atoms with Crippen LogP contribution in [0.3, 0.4) is 0 Å². The van der Waals surface area contributed by atoms with Crippen molar-refractivity contribution in [3.8, 4) is 0 Å². The fourth-order valence-corrected chi connectivity index (χ4v) is 2.85. The molecule has 5 heteroatoms. The van der Waals surface area contributed by atoms with E-state index >= 15 is 0 Å². The van der Waals surface area contributed by atoms with Gasteiger partial charge < -0.3 is 15.3 Å². The highest BCUT2D eigenvalue weighted by atomic mass is 16.3. The zero-order valence-electron chi connectivity index (χ0n) is 13.1. The number of hydrogen-bond acceptors (Lipinski definition) is 5. The van der Waals surface area contributed by atoms with Gasteiger partial charge in [-0.05, 0) is 18.9 Å². The topological polar surface area (TPSA) is 61.3 Å². The molecule has 1 atom stereocenters. The van der Waals surface area contributed by atoms with E-state index in [0.29, 0.717) is 6.42 Å². The minimum absolute atomic E-state index is 0.447. The maximum Gasteiger partial charge on any atom is 0.136 e. The van der Waals surface area contributed by atoms with Crippen LogP contribution in [-0.4, -0.2) is 28.7 Å². The van der Waals surface area contributed by atoms with Crippen molar-refractivity contribution in [2.24, 2.45) is 0 Å². The van der Waals surface area contributed by atoms with Gasteiger partial charge in [-0.15, -0.1) is 0 Å². The molecule has 0 aliphatic carbocycles. The number of fused-ring (bicyclic) bond motifs is 1. The van der Waals surface area contributed by atoms with Crippen molar-refractivity contribution in [2.45, 2.75) is 32.5 Å². The van der Waals surface area contributed by atoms with Gasteiger partial charge in [0, 0.05) is 32.2 Å². The second-order valence-corrected chi connectivity index (χ2v) is 5.76. The molecule has 2 aromatic rings. The largest absolute Gasteiger partial charge is 0.388 e. The van der Waals surface area contributed by atoms with E-state index in [9.17, 15) is 5.11 Å². The van der Waals surface area contributed by atoms with Crippen molar-refractivity contribution in [3.05, 3.63) is 53.0 Å². The third-order valence-electron chi connectivity index (χ3n) is 4.06. The van der Waals surface area contributed by atoms with Crippen LogP contribution in [0.2, 0.25) is 0 Å². The normalized spacial score (nSPS) is 14.7. The fraction of sp³-hybridized carbons (Fsp3) is 0.412. The van der Waals surface area contributed by atoms with Crippen LogP contribution in [0.4, 0.5) is 5.82 Å². The number of rotatable bonds is 5. The fourth-order valence-electron chi connectivity index (χ4n) is 2.85. The first-order valence-corrected chi connectivity index (χ1v) is 7.66. The Bertz CT molecular complexity index is 645. The van der Waals surface area contributed by atoms with E-state index in [4.69, 9.17) is 0 Å². The van der Waals surface area contributed by atoms with Gasteiger partial charge in [-0.2, -0.15) is 0 Å². The molecule has 2 N–H and O–H groups in total. The molecule has 2 heterocycles. The minimum Gasteiger partial charge on any atom is -0.388 e. The summed E-state index contributed by atoms with van der Waals surface area (Å²) in [5, 5.41) is 13.6. The molecule has 5 nitrogen and oxygen atoms in total. The van der Waals surface area contributed by atoms with Crippen LogP contribution >= 0.6 is 0 Å². The number of aliphatic hydroxyl groups excluding tert-OH is 1. The molecule has 1 aliphatic rings. The Hall–Kier alpha value is -1.98. The van der Waals surface area contributed by atoms with Gasteiger partial charge >= 0.3 is 0 Å². The van der Waals surface area contributed by atoms with Gasteiger partial charge in [0.2, 0.25) is 0 Å². The summed E-state index contributed by atoms with van der Waals surface area (Å²) in [4.78, 5) is 11.2. The lowest BCUT2D eigenvalue weighted by atomic mass is 10.1. The molecule has 0 fully saturated rings. The van der Waals surface area contributed by atoms with Crippen molar-refractivity contribution >= 4 is 5.82 Å². The Balaban J connectivity index is 1.69. The maximum absolute atomic E-state index is 10.3. The molecule has 0 amide bonds. The lowest BCUT2D eigenvalue weighted by Crippen LogP contribution is -2.24. The van der Waals surface area contributed by atoms with Crippen LogP contribution in [0.25, 0.3) is 0 Å². The van der Waals surface area contributed by atoms with Gasteiger partial charge in [0.05, 0.1) is 11.8 Å². The average molecular weight is 298 g/mol. The molecule has 1 aliphatic heterocycles. The Morgan fingerprint density at radius 2 is 2.00 bits per heavy atom.